The molecule has 1 radical (unpaired) electrons. The van der Waals surface area contributed by atoms with Crippen LogP contribution in [0.15, 0.2) is 0 Å². The quantitative estimate of drug-likeness (QED) is 0.457. The van der Waals surface area contributed by atoms with E-state index < -0.39 is 11.8 Å². The zero-order valence-corrected chi connectivity index (χ0v) is 4.66. The molecule has 0 aromatic rings. The maximum Gasteiger partial charge on any atom is 0.142 e. The van der Waals surface area contributed by atoms with E-state index in [2.05, 4.69) is 6.92 Å². The Morgan fingerprint density at radius 2 is 2.25 bits per heavy atom. The van der Waals surface area contributed by atoms with Crippen LogP contribution in [-0.2, 0) is 0 Å². The first-order chi connectivity index (χ1) is 3.63. The molecule has 0 spiro atoms. The Balaban J connectivity index is 2.54. The van der Waals surface area contributed by atoms with Crippen LogP contribution in [0.5, 0.6) is 0 Å². The van der Waals surface area contributed by atoms with Gasteiger partial charge in [0.2, 0.25) is 0 Å². The minimum Gasteiger partial charge on any atom is -0.244 e. The lowest BCUT2D eigenvalue weighted by Crippen LogP contribution is -2.24. The van der Waals surface area contributed by atoms with Crippen LogP contribution >= 0.6 is 0 Å². The van der Waals surface area contributed by atoms with E-state index in [-0.39, 0.29) is 6.42 Å². The van der Waals surface area contributed by atoms with Crippen molar-refractivity contribution in [2.45, 2.75) is 31.1 Å². The smallest absolute Gasteiger partial charge is 0.142 e. The molecule has 1 saturated carbocycles. The fourth-order valence-corrected chi connectivity index (χ4v) is 0.990. The molecule has 0 aliphatic heterocycles. The Hall–Kier alpha value is -0.140. The highest BCUT2D eigenvalue weighted by molar-refractivity contribution is 4.95. The van der Waals surface area contributed by atoms with Crippen LogP contribution in [0.4, 0.5) is 8.78 Å². The van der Waals surface area contributed by atoms with Crippen molar-refractivity contribution in [3.63, 3.8) is 0 Å². The average Bonchev–Trinajstić information content (AvgIpc) is 1.86. The first kappa shape index (κ1) is 5.99. The highest BCUT2D eigenvalue weighted by Gasteiger charge is 2.39. The third-order valence-corrected chi connectivity index (χ3v) is 1.61. The van der Waals surface area contributed by atoms with Crippen molar-refractivity contribution in [2.24, 2.45) is 0 Å². The lowest BCUT2D eigenvalue weighted by atomic mass is 10.1. The van der Waals surface area contributed by atoms with Gasteiger partial charge in [0.1, 0.15) is 11.8 Å². The number of halogens is 2. The second-order valence-corrected chi connectivity index (χ2v) is 2.39. The summed E-state index contributed by atoms with van der Waals surface area (Å²) >= 11 is 0. The van der Waals surface area contributed by atoms with Crippen molar-refractivity contribution >= 4 is 0 Å². The third kappa shape index (κ3) is 0.837. The van der Waals surface area contributed by atoms with Gasteiger partial charge in [0, 0.05) is 0 Å². The summed E-state index contributed by atoms with van der Waals surface area (Å²) in [7, 11) is 0. The van der Waals surface area contributed by atoms with Gasteiger partial charge in [0.05, 0.1) is 0 Å². The molecular formula is C6H9F2. The van der Waals surface area contributed by atoms with Crippen molar-refractivity contribution in [3.05, 3.63) is 6.92 Å². The lowest BCUT2D eigenvalue weighted by molar-refractivity contribution is 0.123. The van der Waals surface area contributed by atoms with Gasteiger partial charge in [-0.05, 0) is 26.2 Å². The van der Waals surface area contributed by atoms with Gasteiger partial charge in [-0.25, -0.2) is 8.78 Å². The normalized spacial score (nSPS) is 47.6. The van der Waals surface area contributed by atoms with Crippen molar-refractivity contribution in [1.29, 1.82) is 0 Å². The number of hydrogen-bond acceptors (Lipinski definition) is 0. The van der Waals surface area contributed by atoms with Gasteiger partial charge in [-0.3, -0.25) is 0 Å². The minimum atomic E-state index is -1.76. The average molecular weight is 119 g/mol. The molecule has 2 heteroatoms. The molecule has 0 amide bonds. The van der Waals surface area contributed by atoms with Gasteiger partial charge < -0.3 is 0 Å². The van der Waals surface area contributed by atoms with E-state index in [1.807, 2.05) is 0 Å². The molecular weight excluding hydrogens is 110 g/mol. The topological polar surface area (TPSA) is 0 Å². The zero-order chi connectivity index (χ0) is 6.20. The van der Waals surface area contributed by atoms with Crippen molar-refractivity contribution in [1.82, 2.24) is 0 Å². The molecule has 0 N–H and O–H groups in total. The highest BCUT2D eigenvalue weighted by atomic mass is 19.2. The van der Waals surface area contributed by atoms with Crippen molar-refractivity contribution in [3.8, 4) is 0 Å². The summed E-state index contributed by atoms with van der Waals surface area (Å²) < 4.78 is 24.8. The Morgan fingerprint density at radius 3 is 2.38 bits per heavy atom. The van der Waals surface area contributed by atoms with E-state index in [4.69, 9.17) is 0 Å². The molecule has 0 bridgehead atoms. The lowest BCUT2D eigenvalue weighted by Gasteiger charge is -2.13. The van der Waals surface area contributed by atoms with E-state index in [1.54, 1.807) is 0 Å². The van der Waals surface area contributed by atoms with E-state index in [0.29, 0.717) is 12.8 Å². The van der Waals surface area contributed by atoms with Crippen LogP contribution in [0.1, 0.15) is 19.3 Å². The van der Waals surface area contributed by atoms with Crippen LogP contribution in [0.2, 0.25) is 0 Å². The van der Waals surface area contributed by atoms with E-state index >= 15 is 0 Å². The van der Waals surface area contributed by atoms with Crippen molar-refractivity contribution < 1.29 is 8.78 Å². The van der Waals surface area contributed by atoms with Gasteiger partial charge in [0.25, 0.3) is 0 Å². The summed E-state index contributed by atoms with van der Waals surface area (Å²) in [6, 6.07) is 0. The predicted octanol–water partition coefficient (Wildman–Crippen LogP) is 2.05. The maximum absolute atomic E-state index is 12.5. The zero-order valence-electron chi connectivity index (χ0n) is 4.66. The summed E-state index contributed by atoms with van der Waals surface area (Å²) in [4.78, 5) is 0. The van der Waals surface area contributed by atoms with Crippen LogP contribution in [-0.4, -0.2) is 11.8 Å². The molecule has 0 aromatic carbocycles. The van der Waals surface area contributed by atoms with Gasteiger partial charge >= 0.3 is 0 Å². The van der Waals surface area contributed by atoms with Crippen LogP contribution in [0.3, 0.4) is 0 Å². The molecule has 2 atom stereocenters. The Kier molecular flexibility index (Phi) is 1.25. The third-order valence-electron chi connectivity index (χ3n) is 1.61. The number of hydrogen-bond donors (Lipinski definition) is 0. The molecule has 0 nitrogen and oxygen atoms in total. The summed E-state index contributed by atoms with van der Waals surface area (Å²) in [5, 5.41) is 0. The van der Waals surface area contributed by atoms with Gasteiger partial charge in [0.15, 0.2) is 0 Å². The second kappa shape index (κ2) is 1.67. The molecule has 8 heavy (non-hydrogen) atoms. The number of rotatable bonds is 0. The molecule has 2 unspecified atom stereocenters. The first-order valence-corrected chi connectivity index (χ1v) is 2.81. The van der Waals surface area contributed by atoms with Gasteiger partial charge in [-0.2, -0.15) is 0 Å². The van der Waals surface area contributed by atoms with Gasteiger partial charge in [-0.15, -0.1) is 0 Å². The fourth-order valence-electron chi connectivity index (χ4n) is 0.990. The largest absolute Gasteiger partial charge is 0.244 e. The fraction of sp³-hybridized carbons (Fsp3) is 0.833. The van der Waals surface area contributed by atoms with E-state index in [1.165, 1.54) is 0 Å². The summed E-state index contributed by atoms with van der Waals surface area (Å²) in [5.74, 6) is 0. The van der Waals surface area contributed by atoms with Crippen LogP contribution < -0.4 is 0 Å². The molecule has 0 aromatic heterocycles. The van der Waals surface area contributed by atoms with Crippen LogP contribution in [0.25, 0.3) is 0 Å². The van der Waals surface area contributed by atoms with Gasteiger partial charge in [-0.1, -0.05) is 0 Å². The Morgan fingerprint density at radius 1 is 1.62 bits per heavy atom. The molecule has 47 valence electrons. The van der Waals surface area contributed by atoms with Crippen LogP contribution in [0, 0.1) is 6.92 Å². The van der Waals surface area contributed by atoms with E-state index in [0.717, 1.165) is 0 Å². The minimum absolute atomic E-state index is 0.286. The first-order valence-electron chi connectivity index (χ1n) is 2.81. The monoisotopic (exact) mass is 119 g/mol. The highest BCUT2D eigenvalue weighted by Crippen LogP contribution is 2.34. The second-order valence-electron chi connectivity index (χ2n) is 2.39. The summed E-state index contributed by atoms with van der Waals surface area (Å²) in [6.07, 6.45) is -0.0440. The summed E-state index contributed by atoms with van der Waals surface area (Å²) in [5.41, 5.74) is -1.76. The molecule has 0 saturated heterocycles. The standard InChI is InChI=1S/C6H9F2/c1-6(8)4-2-3-5(6)7/h5H,1-4H2. The maximum atomic E-state index is 12.5. The SMILES string of the molecule is [CH2]C1(F)CCCC1F. The van der Waals surface area contributed by atoms with E-state index in [9.17, 15) is 8.78 Å². The van der Waals surface area contributed by atoms with Crippen molar-refractivity contribution in [2.75, 3.05) is 0 Å². The Labute approximate surface area is 47.9 Å². The molecule has 1 rings (SSSR count). The summed E-state index contributed by atoms with van der Waals surface area (Å²) in [6.45, 7) is 3.11. The predicted molar refractivity (Wildman–Crippen MR) is 27.9 cm³/mol. The molecule has 0 heterocycles. The molecule has 1 aliphatic rings. The molecule has 1 aliphatic carbocycles. The Bertz CT molecular complexity index is 88.5. The number of alkyl halides is 2. The molecule has 1 fully saturated rings.